The van der Waals surface area contributed by atoms with Crippen molar-refractivity contribution in [3.63, 3.8) is 0 Å². The van der Waals surface area contributed by atoms with E-state index in [-0.39, 0.29) is 18.0 Å². The highest BCUT2D eigenvalue weighted by Crippen LogP contribution is 2.21. The second-order valence-corrected chi connectivity index (χ2v) is 5.63. The van der Waals surface area contributed by atoms with Crippen LogP contribution in [-0.2, 0) is 4.79 Å². The Hall–Kier alpha value is -2.21. The zero-order valence-corrected chi connectivity index (χ0v) is 13.3. The predicted molar refractivity (Wildman–Crippen MR) is 85.4 cm³/mol. The maximum Gasteiger partial charge on any atom is 0.222 e. The molecule has 2 unspecified atom stereocenters. The van der Waals surface area contributed by atoms with Crippen molar-refractivity contribution in [3.05, 3.63) is 42.5 Å². The molecular formula is C16H23N5O. The lowest BCUT2D eigenvalue weighted by Crippen LogP contribution is -2.30. The third-order valence-corrected chi connectivity index (χ3v) is 3.85. The number of nitrogens with zero attached hydrogens (tertiary/aromatic N) is 4. The molecule has 6 nitrogen and oxygen atoms in total. The minimum atomic E-state index is 0.0189. The molecule has 0 aliphatic carbocycles. The molecule has 1 heterocycles. The summed E-state index contributed by atoms with van der Waals surface area (Å²) < 4.78 is 1.70. The highest BCUT2D eigenvalue weighted by Gasteiger charge is 2.17. The van der Waals surface area contributed by atoms with Gasteiger partial charge in [-0.3, -0.25) is 4.79 Å². The second kappa shape index (κ2) is 7.17. The first-order valence-corrected chi connectivity index (χ1v) is 7.45. The van der Waals surface area contributed by atoms with Crippen LogP contribution in [0, 0.1) is 0 Å². The average Bonchev–Trinajstić information content (AvgIpc) is 3.05. The number of carbonyl (C=O) groups is 1. The molecule has 118 valence electrons. The van der Waals surface area contributed by atoms with E-state index >= 15 is 0 Å². The summed E-state index contributed by atoms with van der Waals surface area (Å²) in [6.45, 7) is 3.94. The fraction of sp³-hybridized carbons (Fsp3) is 0.438. The zero-order chi connectivity index (χ0) is 16.1. The fourth-order valence-electron chi connectivity index (χ4n) is 2.21. The van der Waals surface area contributed by atoms with Crippen LogP contribution in [0.5, 0.6) is 0 Å². The van der Waals surface area contributed by atoms with Crippen LogP contribution in [0.1, 0.15) is 38.3 Å². The predicted octanol–water partition coefficient (Wildman–Crippen LogP) is 1.91. The van der Waals surface area contributed by atoms with Gasteiger partial charge in [-0.25, -0.2) is 9.67 Å². The van der Waals surface area contributed by atoms with Gasteiger partial charge in [-0.1, -0.05) is 12.1 Å². The molecule has 0 bridgehead atoms. The third kappa shape index (κ3) is 3.92. The van der Waals surface area contributed by atoms with Gasteiger partial charge in [0.25, 0.3) is 0 Å². The van der Waals surface area contributed by atoms with Crippen molar-refractivity contribution in [2.24, 2.45) is 5.73 Å². The van der Waals surface area contributed by atoms with Gasteiger partial charge in [-0.2, -0.15) is 5.10 Å². The first-order chi connectivity index (χ1) is 10.5. The monoisotopic (exact) mass is 301 g/mol. The molecule has 0 aliphatic heterocycles. The van der Waals surface area contributed by atoms with Gasteiger partial charge in [-0.05, 0) is 38.0 Å². The van der Waals surface area contributed by atoms with Crippen molar-refractivity contribution in [1.29, 1.82) is 0 Å². The molecule has 2 N–H and O–H groups in total. The van der Waals surface area contributed by atoms with Crippen LogP contribution in [-0.4, -0.2) is 38.7 Å². The SMILES string of the molecule is CC(N)CCC(=O)N(C)C(C)c1ccc(-n2cncn2)cc1. The lowest BCUT2D eigenvalue weighted by Gasteiger charge is -2.26. The Bertz CT molecular complexity index is 592. The number of hydrogen-bond acceptors (Lipinski definition) is 4. The van der Waals surface area contributed by atoms with E-state index in [1.807, 2.05) is 45.2 Å². The highest BCUT2D eigenvalue weighted by molar-refractivity contribution is 5.76. The summed E-state index contributed by atoms with van der Waals surface area (Å²) in [5.41, 5.74) is 7.73. The summed E-state index contributed by atoms with van der Waals surface area (Å²) in [7, 11) is 1.83. The van der Waals surface area contributed by atoms with E-state index in [0.29, 0.717) is 12.8 Å². The lowest BCUT2D eigenvalue weighted by molar-refractivity contribution is -0.132. The van der Waals surface area contributed by atoms with Crippen LogP contribution in [0.2, 0.25) is 0 Å². The standard InChI is InChI=1S/C16H23N5O/c1-12(17)4-9-16(22)20(3)13(2)14-5-7-15(8-6-14)21-11-18-10-19-21/h5-8,10-13H,4,9,17H2,1-3H3. The Balaban J connectivity index is 2.02. The van der Waals surface area contributed by atoms with Crippen molar-refractivity contribution in [3.8, 4) is 5.69 Å². The maximum absolute atomic E-state index is 12.2. The maximum atomic E-state index is 12.2. The van der Waals surface area contributed by atoms with Gasteiger partial charge in [0.1, 0.15) is 12.7 Å². The molecule has 0 spiro atoms. The summed E-state index contributed by atoms with van der Waals surface area (Å²) in [6.07, 6.45) is 4.35. The molecule has 2 aromatic rings. The van der Waals surface area contributed by atoms with Crippen LogP contribution in [0.25, 0.3) is 5.69 Å². The largest absolute Gasteiger partial charge is 0.339 e. The summed E-state index contributed by atoms with van der Waals surface area (Å²) in [4.78, 5) is 17.9. The van der Waals surface area contributed by atoms with Gasteiger partial charge in [0.15, 0.2) is 0 Å². The van der Waals surface area contributed by atoms with Crippen molar-refractivity contribution >= 4 is 5.91 Å². The first kappa shape index (κ1) is 16.2. The number of carbonyl (C=O) groups excluding carboxylic acids is 1. The minimum Gasteiger partial charge on any atom is -0.339 e. The van der Waals surface area contributed by atoms with Gasteiger partial charge in [0, 0.05) is 19.5 Å². The molecule has 6 heteroatoms. The number of benzene rings is 1. The van der Waals surface area contributed by atoms with Crippen molar-refractivity contribution in [1.82, 2.24) is 19.7 Å². The number of hydrogen-bond donors (Lipinski definition) is 1. The van der Waals surface area contributed by atoms with E-state index < -0.39 is 0 Å². The van der Waals surface area contributed by atoms with Crippen LogP contribution in [0.3, 0.4) is 0 Å². The smallest absolute Gasteiger partial charge is 0.222 e. The van der Waals surface area contributed by atoms with E-state index in [9.17, 15) is 4.79 Å². The quantitative estimate of drug-likeness (QED) is 0.884. The topological polar surface area (TPSA) is 77.0 Å². The molecule has 2 rings (SSSR count). The fourth-order valence-corrected chi connectivity index (χ4v) is 2.21. The number of aromatic nitrogens is 3. The molecule has 1 amide bonds. The van der Waals surface area contributed by atoms with E-state index in [0.717, 1.165) is 11.3 Å². The molecule has 1 aromatic heterocycles. The Kier molecular flexibility index (Phi) is 5.27. The van der Waals surface area contributed by atoms with Crippen LogP contribution in [0.4, 0.5) is 0 Å². The second-order valence-electron chi connectivity index (χ2n) is 5.63. The van der Waals surface area contributed by atoms with Crippen LogP contribution in [0.15, 0.2) is 36.9 Å². The number of amides is 1. The molecule has 2 atom stereocenters. The molecule has 0 radical (unpaired) electrons. The average molecular weight is 301 g/mol. The normalized spacial score (nSPS) is 13.6. The molecule has 1 aromatic carbocycles. The summed E-state index contributed by atoms with van der Waals surface area (Å²) in [5, 5.41) is 4.09. The Morgan fingerprint density at radius 1 is 1.32 bits per heavy atom. The van der Waals surface area contributed by atoms with Crippen LogP contribution >= 0.6 is 0 Å². The summed E-state index contributed by atoms with van der Waals surface area (Å²) >= 11 is 0. The van der Waals surface area contributed by atoms with Gasteiger partial charge in [0.05, 0.1) is 11.7 Å². The Morgan fingerprint density at radius 3 is 2.55 bits per heavy atom. The number of rotatable bonds is 6. The molecule has 0 fully saturated rings. The minimum absolute atomic E-state index is 0.0189. The number of nitrogens with two attached hydrogens (primary N) is 1. The van der Waals surface area contributed by atoms with Gasteiger partial charge in [0.2, 0.25) is 5.91 Å². The Labute approximate surface area is 130 Å². The highest BCUT2D eigenvalue weighted by atomic mass is 16.2. The van der Waals surface area contributed by atoms with E-state index in [1.54, 1.807) is 15.9 Å². The van der Waals surface area contributed by atoms with E-state index in [1.165, 1.54) is 6.33 Å². The van der Waals surface area contributed by atoms with Crippen LogP contribution < -0.4 is 5.73 Å². The summed E-state index contributed by atoms with van der Waals surface area (Å²) in [5.74, 6) is 0.116. The Morgan fingerprint density at radius 2 is 2.00 bits per heavy atom. The third-order valence-electron chi connectivity index (χ3n) is 3.85. The molecular weight excluding hydrogens is 278 g/mol. The molecule has 0 saturated heterocycles. The zero-order valence-electron chi connectivity index (χ0n) is 13.3. The molecule has 0 saturated carbocycles. The van der Waals surface area contributed by atoms with E-state index in [4.69, 9.17) is 5.73 Å². The molecule has 22 heavy (non-hydrogen) atoms. The lowest BCUT2D eigenvalue weighted by atomic mass is 10.1. The van der Waals surface area contributed by atoms with Crippen molar-refractivity contribution in [2.45, 2.75) is 38.8 Å². The van der Waals surface area contributed by atoms with E-state index in [2.05, 4.69) is 10.1 Å². The van der Waals surface area contributed by atoms with Gasteiger partial charge >= 0.3 is 0 Å². The summed E-state index contributed by atoms with van der Waals surface area (Å²) in [6, 6.07) is 8.04. The van der Waals surface area contributed by atoms with Gasteiger partial charge < -0.3 is 10.6 Å². The molecule has 0 aliphatic rings. The van der Waals surface area contributed by atoms with Crippen molar-refractivity contribution in [2.75, 3.05) is 7.05 Å². The van der Waals surface area contributed by atoms with Gasteiger partial charge in [-0.15, -0.1) is 0 Å². The van der Waals surface area contributed by atoms with Crippen molar-refractivity contribution < 1.29 is 4.79 Å². The first-order valence-electron chi connectivity index (χ1n) is 7.45.